The highest BCUT2D eigenvalue weighted by Gasteiger charge is 2.44. The van der Waals surface area contributed by atoms with E-state index in [-0.39, 0.29) is 12.5 Å². The van der Waals surface area contributed by atoms with E-state index in [0.717, 1.165) is 122 Å². The molecule has 1 saturated heterocycles. The van der Waals surface area contributed by atoms with E-state index in [2.05, 4.69) is 165 Å². The van der Waals surface area contributed by atoms with Crippen LogP contribution in [0.25, 0.3) is 0 Å². The zero-order valence-corrected chi connectivity index (χ0v) is 60.2. The molecule has 7 atom stereocenters. The average Bonchev–Trinajstić information content (AvgIpc) is 0.831. The first-order valence-electron chi connectivity index (χ1n) is 38.7. The summed E-state index contributed by atoms with van der Waals surface area (Å²) in [5, 5.41) is 54.8. The Kier molecular flexibility index (Phi) is 66.9. The number of amides is 1. The van der Waals surface area contributed by atoms with Crippen molar-refractivity contribution < 1.29 is 39.8 Å². The van der Waals surface area contributed by atoms with Crippen LogP contribution in [0.15, 0.2) is 158 Å². The summed E-state index contributed by atoms with van der Waals surface area (Å²) >= 11 is 0. The topological polar surface area (TPSA) is 149 Å². The van der Waals surface area contributed by atoms with Crippen LogP contribution >= 0.6 is 0 Å². The van der Waals surface area contributed by atoms with Crippen LogP contribution in [0, 0.1) is 0 Å². The SMILES string of the molecule is CC/C=C\C/C=C\C/C=C\C/C=C\C/C=C\C/C=C\C/C=C\C/C=C\C/C=C\C/C=C\C/C=C\CCCCCCCCCC(=O)NC(COC1OC(CO)C(O)C(O)C1O)C(O)/C=C/CC/C=C/CCCCCCCCCCCCCCCCCCCCCCCCCC. The molecule has 536 valence electrons. The molecule has 0 spiro atoms. The Morgan fingerprint density at radius 2 is 0.670 bits per heavy atom. The number of allylic oxidation sites excluding steroid dienone is 25. The lowest BCUT2D eigenvalue weighted by molar-refractivity contribution is -0.302. The number of hydrogen-bond donors (Lipinski definition) is 6. The molecule has 9 heteroatoms. The first kappa shape index (κ1) is 87.8. The van der Waals surface area contributed by atoms with Crippen molar-refractivity contribution >= 4 is 5.91 Å². The van der Waals surface area contributed by atoms with Gasteiger partial charge >= 0.3 is 0 Å². The highest BCUT2D eigenvalue weighted by Crippen LogP contribution is 2.23. The van der Waals surface area contributed by atoms with Gasteiger partial charge in [0.2, 0.25) is 5.91 Å². The minimum absolute atomic E-state index is 0.201. The van der Waals surface area contributed by atoms with Gasteiger partial charge in [0.15, 0.2) is 6.29 Å². The molecule has 9 nitrogen and oxygen atoms in total. The third-order valence-corrected chi connectivity index (χ3v) is 17.3. The van der Waals surface area contributed by atoms with Crippen molar-refractivity contribution in [1.82, 2.24) is 5.32 Å². The maximum absolute atomic E-state index is 13.2. The van der Waals surface area contributed by atoms with Crippen LogP contribution in [0.2, 0.25) is 0 Å². The first-order valence-corrected chi connectivity index (χ1v) is 38.7. The van der Waals surface area contributed by atoms with Crippen LogP contribution in [-0.4, -0.2) is 87.5 Å². The summed E-state index contributed by atoms with van der Waals surface area (Å²) in [6, 6.07) is -0.842. The Morgan fingerprint density at radius 1 is 0.372 bits per heavy atom. The van der Waals surface area contributed by atoms with Gasteiger partial charge in [-0.15, -0.1) is 0 Å². The Labute approximate surface area is 577 Å². The fourth-order valence-corrected chi connectivity index (χ4v) is 11.4. The summed E-state index contributed by atoms with van der Waals surface area (Å²) in [5.74, 6) is -0.201. The molecular formula is C85H143NO8. The maximum atomic E-state index is 13.2. The minimum atomic E-state index is -1.59. The zero-order chi connectivity index (χ0) is 67.8. The number of carbonyl (C=O) groups is 1. The summed E-state index contributed by atoms with van der Waals surface area (Å²) in [4.78, 5) is 13.2. The fourth-order valence-electron chi connectivity index (χ4n) is 11.4. The van der Waals surface area contributed by atoms with E-state index in [9.17, 15) is 30.3 Å². The average molecular weight is 1310 g/mol. The van der Waals surface area contributed by atoms with Crippen molar-refractivity contribution in [3.8, 4) is 0 Å². The van der Waals surface area contributed by atoms with Crippen LogP contribution in [0.1, 0.15) is 316 Å². The Balaban J connectivity index is 2.16. The summed E-state index contributed by atoms with van der Waals surface area (Å²) in [6.45, 7) is 3.67. The van der Waals surface area contributed by atoms with Gasteiger partial charge in [-0.3, -0.25) is 4.79 Å². The van der Waals surface area contributed by atoms with E-state index < -0.39 is 49.5 Å². The maximum Gasteiger partial charge on any atom is 0.220 e. The third-order valence-electron chi connectivity index (χ3n) is 17.3. The molecule has 0 aromatic rings. The van der Waals surface area contributed by atoms with Crippen molar-refractivity contribution in [2.24, 2.45) is 0 Å². The lowest BCUT2D eigenvalue weighted by atomic mass is 9.99. The van der Waals surface area contributed by atoms with Crippen LogP contribution in [-0.2, 0) is 14.3 Å². The van der Waals surface area contributed by atoms with Crippen molar-refractivity contribution in [3.05, 3.63) is 158 Å². The second kappa shape index (κ2) is 71.6. The van der Waals surface area contributed by atoms with E-state index in [1.54, 1.807) is 6.08 Å². The summed E-state index contributed by atoms with van der Waals surface area (Å²) in [7, 11) is 0. The molecule has 7 unspecified atom stereocenters. The number of unbranched alkanes of at least 4 members (excludes halogenated alkanes) is 32. The minimum Gasteiger partial charge on any atom is -0.394 e. The highest BCUT2D eigenvalue weighted by molar-refractivity contribution is 5.76. The summed E-state index contributed by atoms with van der Waals surface area (Å²) in [6.07, 6.45) is 105. The van der Waals surface area contributed by atoms with Gasteiger partial charge in [0.25, 0.3) is 0 Å². The quantitative estimate of drug-likeness (QED) is 0.0261. The van der Waals surface area contributed by atoms with Gasteiger partial charge in [-0.1, -0.05) is 352 Å². The molecule has 1 aliphatic rings. The van der Waals surface area contributed by atoms with Gasteiger partial charge in [0.05, 0.1) is 25.4 Å². The van der Waals surface area contributed by atoms with Crippen molar-refractivity contribution in [2.75, 3.05) is 13.2 Å². The van der Waals surface area contributed by atoms with Gasteiger partial charge in [0.1, 0.15) is 24.4 Å². The van der Waals surface area contributed by atoms with Gasteiger partial charge in [-0.2, -0.15) is 0 Å². The number of ether oxygens (including phenoxy) is 2. The summed E-state index contributed by atoms with van der Waals surface area (Å²) < 4.78 is 11.3. The number of aliphatic hydroxyl groups is 5. The first-order chi connectivity index (χ1) is 46.3. The number of nitrogens with one attached hydrogen (secondary N) is 1. The van der Waals surface area contributed by atoms with Crippen molar-refractivity contribution in [1.29, 1.82) is 0 Å². The molecule has 0 aliphatic carbocycles. The molecular weight excluding hydrogens is 1160 g/mol. The highest BCUT2D eigenvalue weighted by atomic mass is 16.7. The molecule has 1 fully saturated rings. The molecule has 6 N–H and O–H groups in total. The summed E-state index contributed by atoms with van der Waals surface area (Å²) in [5.41, 5.74) is 0. The van der Waals surface area contributed by atoms with Gasteiger partial charge < -0.3 is 40.3 Å². The molecule has 0 aromatic heterocycles. The molecule has 0 bridgehead atoms. The van der Waals surface area contributed by atoms with Gasteiger partial charge in [0, 0.05) is 6.42 Å². The number of aliphatic hydroxyl groups excluding tert-OH is 5. The van der Waals surface area contributed by atoms with Crippen LogP contribution < -0.4 is 5.32 Å². The molecule has 0 saturated carbocycles. The molecule has 94 heavy (non-hydrogen) atoms. The molecule has 1 aliphatic heterocycles. The largest absolute Gasteiger partial charge is 0.394 e. The number of carbonyl (C=O) groups excluding carboxylic acids is 1. The van der Waals surface area contributed by atoms with Crippen LogP contribution in [0.3, 0.4) is 0 Å². The van der Waals surface area contributed by atoms with E-state index in [1.165, 1.54) is 173 Å². The number of hydrogen-bond acceptors (Lipinski definition) is 8. The molecule has 0 radical (unpaired) electrons. The molecule has 1 heterocycles. The Hall–Kier alpha value is -4.19. The van der Waals surface area contributed by atoms with Crippen molar-refractivity contribution in [2.45, 2.75) is 358 Å². The fraction of sp³-hybridized carbons (Fsp3) is 0.682. The van der Waals surface area contributed by atoms with Gasteiger partial charge in [-0.05, 0) is 116 Å². The van der Waals surface area contributed by atoms with E-state index in [4.69, 9.17) is 9.47 Å². The van der Waals surface area contributed by atoms with E-state index in [0.29, 0.717) is 6.42 Å². The second-order valence-electron chi connectivity index (χ2n) is 26.1. The van der Waals surface area contributed by atoms with Crippen molar-refractivity contribution in [3.63, 3.8) is 0 Å². The van der Waals surface area contributed by atoms with Crippen LogP contribution in [0.5, 0.6) is 0 Å². The van der Waals surface area contributed by atoms with Crippen LogP contribution in [0.4, 0.5) is 0 Å². The lowest BCUT2D eigenvalue weighted by Crippen LogP contribution is -2.60. The standard InChI is InChI=1S/C85H143NO8/c1-3-5-7-9-11-13-15-17-19-21-23-25-27-29-31-33-35-36-37-38-39-40-41-42-43-44-45-47-49-51-53-55-57-59-61-63-65-67-69-71-73-75-81(89)86-78(77-93-85-84(92)83(91)82(90)80(76-87)94-85)79(88)74-72-70-68-66-64-62-60-58-56-54-52-50-48-46-34-32-30-28-26-24-22-20-18-16-14-12-10-8-6-4-2/h5,7,11,13,17,19,23,25,29,31,35-36,38-39,41-42,44-45,49,51,55,57,64,66,72,74,78-80,82-85,87-88,90-92H,3-4,6,8-10,12,14-16,18,20-22,24,26-28,30,32-34,37,40,43,46-48,50,52-54,56,58-63,65,67-71,73,75-77H2,1-2H3,(H,86,89)/b7-5-,13-11-,19-17-,25-23-,31-29-,36-35-,39-38-,42-41-,45-44-,51-49-,57-55-,66-64+,74-72+. The Bertz CT molecular complexity index is 2050. The predicted octanol–water partition coefficient (Wildman–Crippen LogP) is 22.3. The smallest absolute Gasteiger partial charge is 0.220 e. The van der Waals surface area contributed by atoms with E-state index in [1.807, 2.05) is 6.08 Å². The van der Waals surface area contributed by atoms with Gasteiger partial charge in [-0.25, -0.2) is 0 Å². The molecule has 1 amide bonds. The molecule has 1 rings (SSSR count). The zero-order valence-electron chi connectivity index (χ0n) is 60.2. The predicted molar refractivity (Wildman–Crippen MR) is 405 cm³/mol. The molecule has 0 aromatic carbocycles. The third kappa shape index (κ3) is 59.1. The lowest BCUT2D eigenvalue weighted by Gasteiger charge is -2.40. The monoisotopic (exact) mass is 1310 g/mol. The van der Waals surface area contributed by atoms with E-state index >= 15 is 0 Å². The Morgan fingerprint density at radius 3 is 1.02 bits per heavy atom. The second-order valence-corrected chi connectivity index (χ2v) is 26.1. The number of rotatable bonds is 66. The normalized spacial score (nSPS) is 18.5.